The van der Waals surface area contributed by atoms with Gasteiger partial charge < -0.3 is 4.74 Å². The molecule has 1 N–H and O–H groups in total. The van der Waals surface area contributed by atoms with Gasteiger partial charge in [0.25, 0.3) is 5.69 Å². The molecule has 0 fully saturated rings. The summed E-state index contributed by atoms with van der Waals surface area (Å²) in [6, 6.07) is 12.2. The molecule has 0 saturated heterocycles. The highest BCUT2D eigenvalue weighted by molar-refractivity contribution is 7.89. The van der Waals surface area contributed by atoms with Crippen LogP contribution in [0.15, 0.2) is 59.5 Å². The van der Waals surface area contributed by atoms with Crippen LogP contribution in [0.2, 0.25) is 0 Å². The molecule has 0 bridgehead atoms. The third kappa shape index (κ3) is 6.14. The summed E-state index contributed by atoms with van der Waals surface area (Å²) >= 11 is 0. The molecule has 0 aromatic heterocycles. The van der Waals surface area contributed by atoms with Gasteiger partial charge in [-0.05, 0) is 44.9 Å². The molecule has 150 valence electrons. The molecule has 0 aliphatic carbocycles. The number of ether oxygens (including phenoxy) is 1. The number of carbonyl (C=O) groups is 1. The second-order valence-corrected chi connectivity index (χ2v) is 8.86. The van der Waals surface area contributed by atoms with E-state index in [-0.39, 0.29) is 17.0 Å². The molecule has 2 rings (SSSR count). The van der Waals surface area contributed by atoms with Gasteiger partial charge in [0.15, 0.2) is 0 Å². The first kappa shape index (κ1) is 21.5. The Hall–Kier alpha value is -2.78. The average molecular weight is 406 g/mol. The van der Waals surface area contributed by atoms with E-state index in [9.17, 15) is 23.3 Å². The van der Waals surface area contributed by atoms with Gasteiger partial charge in [0.05, 0.1) is 9.82 Å². The molecule has 0 amide bonds. The van der Waals surface area contributed by atoms with Gasteiger partial charge in [0, 0.05) is 12.1 Å². The van der Waals surface area contributed by atoms with E-state index in [0.717, 1.165) is 29.8 Å². The third-order valence-corrected chi connectivity index (χ3v) is 5.12. The Kier molecular flexibility index (Phi) is 6.52. The van der Waals surface area contributed by atoms with Gasteiger partial charge in [0.1, 0.15) is 11.6 Å². The molecule has 0 radical (unpaired) electrons. The van der Waals surface area contributed by atoms with Crippen molar-refractivity contribution in [3.05, 3.63) is 70.3 Å². The lowest BCUT2D eigenvalue weighted by atomic mass is 10.1. The maximum atomic E-state index is 12.7. The van der Waals surface area contributed by atoms with Gasteiger partial charge in [-0.2, -0.15) is 4.72 Å². The van der Waals surface area contributed by atoms with Crippen molar-refractivity contribution in [1.82, 2.24) is 4.72 Å². The maximum absolute atomic E-state index is 12.7. The van der Waals surface area contributed by atoms with Gasteiger partial charge >= 0.3 is 5.97 Å². The summed E-state index contributed by atoms with van der Waals surface area (Å²) in [7, 11) is -4.10. The monoisotopic (exact) mass is 406 g/mol. The first-order chi connectivity index (χ1) is 13.0. The molecule has 9 heteroatoms. The summed E-state index contributed by atoms with van der Waals surface area (Å²) in [5.41, 5.74) is -0.262. The fourth-order valence-electron chi connectivity index (χ4n) is 2.40. The second-order valence-electron chi connectivity index (χ2n) is 7.15. The number of esters is 1. The van der Waals surface area contributed by atoms with Crippen LogP contribution in [-0.4, -0.2) is 31.0 Å². The number of hydrogen-bond donors (Lipinski definition) is 1. The minimum absolute atomic E-state index is 0.0992. The standard InChI is InChI=1S/C19H22N2O6S/c1-19(2,3)27-18(22)17(13-14-7-5-4-6-8-14)20-28(25,26)16-11-9-15(10-12-16)21(23)24/h4-12,17,20H,13H2,1-3H3/t17-/m1/s1. The Balaban J connectivity index is 2.28. The molecule has 2 aromatic carbocycles. The Morgan fingerprint density at radius 3 is 2.18 bits per heavy atom. The van der Waals surface area contributed by atoms with E-state index in [1.54, 1.807) is 45.0 Å². The van der Waals surface area contributed by atoms with Crippen LogP contribution < -0.4 is 4.72 Å². The number of sulfonamides is 1. The molecule has 0 aliphatic rings. The van der Waals surface area contributed by atoms with Crippen molar-refractivity contribution in [1.29, 1.82) is 0 Å². The van der Waals surface area contributed by atoms with E-state index in [2.05, 4.69) is 4.72 Å². The summed E-state index contributed by atoms with van der Waals surface area (Å²) in [6.07, 6.45) is 0.0992. The van der Waals surface area contributed by atoms with E-state index in [0.29, 0.717) is 0 Å². The van der Waals surface area contributed by atoms with Crippen molar-refractivity contribution >= 4 is 21.7 Å². The van der Waals surface area contributed by atoms with Crippen molar-refractivity contribution in [3.8, 4) is 0 Å². The van der Waals surface area contributed by atoms with Crippen LogP contribution in [0.1, 0.15) is 26.3 Å². The smallest absolute Gasteiger partial charge is 0.325 e. The molecule has 0 spiro atoms. The predicted molar refractivity (Wildman–Crippen MR) is 103 cm³/mol. The van der Waals surface area contributed by atoms with E-state index < -0.39 is 32.6 Å². The van der Waals surface area contributed by atoms with Crippen molar-refractivity contribution in [2.45, 2.75) is 43.7 Å². The Labute approximate surface area is 163 Å². The highest BCUT2D eigenvalue weighted by Gasteiger charge is 2.30. The Morgan fingerprint density at radius 2 is 1.68 bits per heavy atom. The molecular weight excluding hydrogens is 384 g/mol. The molecule has 1 atom stereocenters. The zero-order valence-electron chi connectivity index (χ0n) is 15.8. The minimum Gasteiger partial charge on any atom is -0.459 e. The number of nitrogens with zero attached hydrogens (tertiary/aromatic N) is 1. The van der Waals surface area contributed by atoms with Gasteiger partial charge in [-0.15, -0.1) is 0 Å². The topological polar surface area (TPSA) is 116 Å². The summed E-state index contributed by atoms with van der Waals surface area (Å²) < 4.78 is 33.1. The summed E-state index contributed by atoms with van der Waals surface area (Å²) in [4.78, 5) is 22.5. The van der Waals surface area contributed by atoms with Crippen LogP contribution in [-0.2, 0) is 26.0 Å². The lowest BCUT2D eigenvalue weighted by Gasteiger charge is -2.24. The number of benzene rings is 2. The third-order valence-electron chi connectivity index (χ3n) is 3.63. The normalized spacial score (nSPS) is 13.0. The van der Waals surface area contributed by atoms with Crippen LogP contribution in [0.4, 0.5) is 5.69 Å². The summed E-state index contributed by atoms with van der Waals surface area (Å²) in [6.45, 7) is 5.07. The predicted octanol–water partition coefficient (Wildman–Crippen LogP) is 2.83. The second kappa shape index (κ2) is 8.49. The molecule has 0 heterocycles. The van der Waals surface area contributed by atoms with Crippen LogP contribution >= 0.6 is 0 Å². The van der Waals surface area contributed by atoms with Crippen LogP contribution in [0, 0.1) is 10.1 Å². The molecular formula is C19H22N2O6S. The fourth-order valence-corrected chi connectivity index (χ4v) is 3.58. The highest BCUT2D eigenvalue weighted by Crippen LogP contribution is 2.18. The van der Waals surface area contributed by atoms with Crippen LogP contribution in [0.25, 0.3) is 0 Å². The molecule has 28 heavy (non-hydrogen) atoms. The molecule has 8 nitrogen and oxygen atoms in total. The highest BCUT2D eigenvalue weighted by atomic mass is 32.2. The van der Waals surface area contributed by atoms with E-state index in [4.69, 9.17) is 4.74 Å². The van der Waals surface area contributed by atoms with Crippen molar-refractivity contribution in [3.63, 3.8) is 0 Å². The van der Waals surface area contributed by atoms with E-state index in [1.165, 1.54) is 0 Å². The van der Waals surface area contributed by atoms with Gasteiger partial charge in [-0.25, -0.2) is 8.42 Å². The van der Waals surface area contributed by atoms with Crippen LogP contribution in [0.3, 0.4) is 0 Å². The maximum Gasteiger partial charge on any atom is 0.325 e. The average Bonchev–Trinajstić information content (AvgIpc) is 2.60. The number of nitro groups is 1. The van der Waals surface area contributed by atoms with Gasteiger partial charge in [-0.1, -0.05) is 30.3 Å². The summed E-state index contributed by atoms with van der Waals surface area (Å²) in [5, 5.41) is 10.7. The van der Waals surface area contributed by atoms with Gasteiger partial charge in [0.2, 0.25) is 10.0 Å². The molecule has 2 aromatic rings. The molecule has 0 aliphatic heterocycles. The van der Waals surface area contributed by atoms with E-state index in [1.807, 2.05) is 6.07 Å². The van der Waals surface area contributed by atoms with Crippen molar-refractivity contribution in [2.75, 3.05) is 0 Å². The van der Waals surface area contributed by atoms with Crippen molar-refractivity contribution in [2.24, 2.45) is 0 Å². The van der Waals surface area contributed by atoms with Gasteiger partial charge in [-0.3, -0.25) is 14.9 Å². The van der Waals surface area contributed by atoms with Crippen LogP contribution in [0.5, 0.6) is 0 Å². The zero-order chi connectivity index (χ0) is 20.9. The summed E-state index contributed by atoms with van der Waals surface area (Å²) in [5.74, 6) is -0.707. The lowest BCUT2D eigenvalue weighted by molar-refractivity contribution is -0.384. The Morgan fingerprint density at radius 1 is 1.11 bits per heavy atom. The number of nitrogens with one attached hydrogen (secondary N) is 1. The first-order valence-electron chi connectivity index (χ1n) is 8.51. The first-order valence-corrected chi connectivity index (χ1v) is 10.00. The number of nitro benzene ring substituents is 1. The number of non-ortho nitro benzene ring substituents is 1. The number of hydrogen-bond acceptors (Lipinski definition) is 6. The lowest BCUT2D eigenvalue weighted by Crippen LogP contribution is -2.45. The number of rotatable bonds is 7. The van der Waals surface area contributed by atoms with Crippen molar-refractivity contribution < 1.29 is 22.9 Å². The SMILES string of the molecule is CC(C)(C)OC(=O)[C@@H](Cc1ccccc1)NS(=O)(=O)c1ccc([N+](=O)[O-])cc1. The zero-order valence-corrected chi connectivity index (χ0v) is 16.6. The van der Waals surface area contributed by atoms with E-state index >= 15 is 0 Å². The fraction of sp³-hybridized carbons (Fsp3) is 0.316. The molecule has 0 unspecified atom stereocenters. The quantitative estimate of drug-likeness (QED) is 0.429. The Bertz CT molecular complexity index is 935. The molecule has 0 saturated carbocycles. The number of carbonyl (C=O) groups excluding carboxylic acids is 1. The largest absolute Gasteiger partial charge is 0.459 e. The minimum atomic E-state index is -4.10.